The molecule has 3 rings (SSSR count). The van der Waals surface area contributed by atoms with Crippen LogP contribution < -0.4 is 10.6 Å². The predicted molar refractivity (Wildman–Crippen MR) is 67.5 cm³/mol. The molecule has 0 radical (unpaired) electrons. The molecule has 1 saturated heterocycles. The number of hydrogen-bond donors (Lipinski definition) is 2. The number of nitrogens with one attached hydrogen (secondary N) is 2. The van der Waals surface area contributed by atoms with Gasteiger partial charge in [0.1, 0.15) is 0 Å². The van der Waals surface area contributed by atoms with Crippen molar-refractivity contribution in [3.63, 3.8) is 0 Å². The Morgan fingerprint density at radius 3 is 2.62 bits per heavy atom. The third-order valence-electron chi connectivity index (χ3n) is 5.01. The topological polar surface area (TPSA) is 24.1 Å². The maximum atomic E-state index is 3.93. The fourth-order valence-corrected chi connectivity index (χ4v) is 4.10. The molecule has 0 aromatic carbocycles. The zero-order valence-electron chi connectivity index (χ0n) is 10.5. The summed E-state index contributed by atoms with van der Waals surface area (Å²) in [6.07, 6.45) is 9.98. The van der Waals surface area contributed by atoms with E-state index in [-0.39, 0.29) is 0 Å². The van der Waals surface area contributed by atoms with E-state index in [0.29, 0.717) is 0 Å². The van der Waals surface area contributed by atoms with Crippen LogP contribution in [0.4, 0.5) is 0 Å². The highest BCUT2D eigenvalue weighted by atomic mass is 15.0. The Hall–Kier alpha value is -0.0800. The number of rotatable bonds is 3. The van der Waals surface area contributed by atoms with Crippen molar-refractivity contribution in [2.24, 2.45) is 11.8 Å². The lowest BCUT2D eigenvalue weighted by Crippen LogP contribution is -2.50. The smallest absolute Gasteiger partial charge is 0.0113 e. The molecular formula is C14H26N2. The summed E-state index contributed by atoms with van der Waals surface area (Å²) in [6.45, 7) is 3.64. The zero-order valence-corrected chi connectivity index (χ0v) is 10.5. The Balaban J connectivity index is 1.52. The first-order valence-corrected chi connectivity index (χ1v) is 7.32. The van der Waals surface area contributed by atoms with Gasteiger partial charge in [-0.05, 0) is 56.9 Å². The van der Waals surface area contributed by atoms with Gasteiger partial charge in [0.2, 0.25) is 0 Å². The lowest BCUT2D eigenvalue weighted by molar-refractivity contribution is 0.196. The fraction of sp³-hybridized carbons (Fsp3) is 1.00. The quantitative estimate of drug-likeness (QED) is 0.765. The summed E-state index contributed by atoms with van der Waals surface area (Å²) in [7, 11) is 0. The molecule has 3 aliphatic rings. The normalized spacial score (nSPS) is 48.2. The van der Waals surface area contributed by atoms with Crippen molar-refractivity contribution in [3.05, 3.63) is 0 Å². The Kier molecular flexibility index (Phi) is 3.21. The van der Waals surface area contributed by atoms with Gasteiger partial charge in [0.25, 0.3) is 0 Å². The molecule has 0 bridgehead atoms. The predicted octanol–water partition coefficient (Wildman–Crippen LogP) is 2.30. The Morgan fingerprint density at radius 2 is 1.94 bits per heavy atom. The van der Waals surface area contributed by atoms with Gasteiger partial charge in [-0.25, -0.2) is 0 Å². The van der Waals surface area contributed by atoms with Crippen LogP contribution in [0.1, 0.15) is 51.9 Å². The second kappa shape index (κ2) is 4.66. The summed E-state index contributed by atoms with van der Waals surface area (Å²) < 4.78 is 0. The van der Waals surface area contributed by atoms with Crippen LogP contribution in [0.5, 0.6) is 0 Å². The number of hydrogen-bond acceptors (Lipinski definition) is 2. The third kappa shape index (κ3) is 2.14. The Morgan fingerprint density at radius 1 is 1.06 bits per heavy atom. The third-order valence-corrected chi connectivity index (χ3v) is 5.01. The standard InChI is InChI=1S/C14H26N2/c1-10-8-11(9-10)16-14-5-2-4-12(14)13-6-3-7-15-13/h10-16H,2-9H2,1H3. The first kappa shape index (κ1) is 11.0. The SMILES string of the molecule is CC1CC(NC2CCCC2C2CCCN2)C1. The van der Waals surface area contributed by atoms with Crippen molar-refractivity contribution >= 4 is 0 Å². The molecule has 2 heteroatoms. The molecule has 0 amide bonds. The first-order chi connectivity index (χ1) is 7.83. The van der Waals surface area contributed by atoms with Crippen molar-refractivity contribution in [1.29, 1.82) is 0 Å². The van der Waals surface area contributed by atoms with Crippen LogP contribution in [0.2, 0.25) is 0 Å². The van der Waals surface area contributed by atoms with E-state index >= 15 is 0 Å². The summed E-state index contributed by atoms with van der Waals surface area (Å²) in [6, 6.07) is 2.51. The van der Waals surface area contributed by atoms with Gasteiger partial charge >= 0.3 is 0 Å². The molecule has 2 nitrogen and oxygen atoms in total. The van der Waals surface area contributed by atoms with Gasteiger partial charge in [-0.2, -0.15) is 0 Å². The van der Waals surface area contributed by atoms with E-state index in [2.05, 4.69) is 17.6 Å². The molecule has 92 valence electrons. The van der Waals surface area contributed by atoms with Gasteiger partial charge in [0, 0.05) is 18.1 Å². The van der Waals surface area contributed by atoms with Crippen molar-refractivity contribution in [2.45, 2.75) is 70.0 Å². The summed E-state index contributed by atoms with van der Waals surface area (Å²) in [5.74, 6) is 1.90. The van der Waals surface area contributed by atoms with E-state index < -0.39 is 0 Å². The molecule has 2 saturated carbocycles. The van der Waals surface area contributed by atoms with Crippen molar-refractivity contribution in [3.8, 4) is 0 Å². The van der Waals surface area contributed by atoms with Crippen LogP contribution >= 0.6 is 0 Å². The van der Waals surface area contributed by atoms with Gasteiger partial charge in [0.15, 0.2) is 0 Å². The van der Waals surface area contributed by atoms with Gasteiger partial charge in [-0.3, -0.25) is 0 Å². The molecule has 0 aromatic rings. The molecule has 1 aliphatic heterocycles. The molecule has 2 aliphatic carbocycles. The first-order valence-electron chi connectivity index (χ1n) is 7.32. The van der Waals surface area contributed by atoms with Crippen LogP contribution in [-0.2, 0) is 0 Å². The Bertz CT molecular complexity index is 229. The summed E-state index contributed by atoms with van der Waals surface area (Å²) >= 11 is 0. The summed E-state index contributed by atoms with van der Waals surface area (Å²) in [4.78, 5) is 0. The van der Waals surface area contributed by atoms with Gasteiger partial charge in [0.05, 0.1) is 0 Å². The van der Waals surface area contributed by atoms with E-state index in [4.69, 9.17) is 0 Å². The lowest BCUT2D eigenvalue weighted by atomic mass is 9.80. The second-order valence-corrected chi connectivity index (χ2v) is 6.34. The maximum absolute atomic E-state index is 3.93. The van der Waals surface area contributed by atoms with E-state index in [0.717, 1.165) is 30.0 Å². The molecular weight excluding hydrogens is 196 g/mol. The van der Waals surface area contributed by atoms with Gasteiger partial charge in [-0.15, -0.1) is 0 Å². The van der Waals surface area contributed by atoms with Crippen LogP contribution in [0.3, 0.4) is 0 Å². The van der Waals surface area contributed by atoms with Crippen LogP contribution in [0.15, 0.2) is 0 Å². The summed E-state index contributed by atoms with van der Waals surface area (Å²) in [5.41, 5.74) is 0. The highest BCUT2D eigenvalue weighted by Crippen LogP contribution is 2.34. The molecule has 0 aromatic heterocycles. The zero-order chi connectivity index (χ0) is 11.0. The van der Waals surface area contributed by atoms with Crippen LogP contribution in [0, 0.1) is 11.8 Å². The minimum Gasteiger partial charge on any atom is -0.314 e. The van der Waals surface area contributed by atoms with E-state index in [1.165, 1.54) is 51.5 Å². The van der Waals surface area contributed by atoms with Crippen LogP contribution in [-0.4, -0.2) is 24.7 Å². The average molecular weight is 222 g/mol. The molecule has 3 atom stereocenters. The monoisotopic (exact) mass is 222 g/mol. The molecule has 2 N–H and O–H groups in total. The fourth-order valence-electron chi connectivity index (χ4n) is 4.10. The maximum Gasteiger partial charge on any atom is 0.0113 e. The highest BCUT2D eigenvalue weighted by Gasteiger charge is 2.37. The van der Waals surface area contributed by atoms with E-state index in [1.807, 2.05) is 0 Å². The Labute approximate surface area is 99.6 Å². The highest BCUT2D eigenvalue weighted by molar-refractivity contribution is 4.96. The molecule has 3 unspecified atom stereocenters. The minimum atomic E-state index is 0.827. The van der Waals surface area contributed by atoms with E-state index in [9.17, 15) is 0 Å². The molecule has 3 fully saturated rings. The van der Waals surface area contributed by atoms with Crippen molar-refractivity contribution < 1.29 is 0 Å². The van der Waals surface area contributed by atoms with Crippen molar-refractivity contribution in [1.82, 2.24) is 10.6 Å². The molecule has 1 heterocycles. The van der Waals surface area contributed by atoms with Gasteiger partial charge < -0.3 is 10.6 Å². The molecule has 16 heavy (non-hydrogen) atoms. The van der Waals surface area contributed by atoms with Crippen LogP contribution in [0.25, 0.3) is 0 Å². The van der Waals surface area contributed by atoms with Gasteiger partial charge in [-0.1, -0.05) is 13.3 Å². The second-order valence-electron chi connectivity index (χ2n) is 6.34. The lowest BCUT2D eigenvalue weighted by Gasteiger charge is -2.38. The minimum absolute atomic E-state index is 0.827. The van der Waals surface area contributed by atoms with E-state index in [1.54, 1.807) is 0 Å². The summed E-state index contributed by atoms with van der Waals surface area (Å²) in [5, 5.41) is 7.64. The molecule has 0 spiro atoms. The largest absolute Gasteiger partial charge is 0.314 e. The average Bonchev–Trinajstić information content (AvgIpc) is 2.83. The van der Waals surface area contributed by atoms with Crippen molar-refractivity contribution in [2.75, 3.05) is 6.54 Å².